The van der Waals surface area contributed by atoms with Crippen molar-refractivity contribution in [2.24, 2.45) is 0 Å². The number of benzene rings is 2. The molecule has 0 amide bonds. The summed E-state index contributed by atoms with van der Waals surface area (Å²) in [7, 11) is 0. The predicted molar refractivity (Wildman–Crippen MR) is 79.4 cm³/mol. The van der Waals surface area contributed by atoms with E-state index in [1.54, 1.807) is 0 Å². The summed E-state index contributed by atoms with van der Waals surface area (Å²) in [6.07, 6.45) is -0.871. The van der Waals surface area contributed by atoms with Crippen LogP contribution in [0.5, 0.6) is 0 Å². The fourth-order valence-corrected chi connectivity index (χ4v) is 2.07. The van der Waals surface area contributed by atoms with E-state index in [0.717, 1.165) is 16.3 Å². The number of hydrogen-bond acceptors (Lipinski definition) is 3. The van der Waals surface area contributed by atoms with E-state index in [2.05, 4.69) is 0 Å². The Hall–Kier alpha value is -1.87. The van der Waals surface area contributed by atoms with Crippen molar-refractivity contribution in [3.8, 4) is 0 Å². The topological polar surface area (TPSA) is 46.5 Å². The zero-order valence-electron chi connectivity index (χ0n) is 12.1. The first-order chi connectivity index (χ1) is 9.35. The van der Waals surface area contributed by atoms with E-state index in [1.165, 1.54) is 0 Å². The van der Waals surface area contributed by atoms with Gasteiger partial charge in [0.15, 0.2) is 0 Å². The van der Waals surface area contributed by atoms with E-state index in [4.69, 9.17) is 4.74 Å². The van der Waals surface area contributed by atoms with E-state index in [9.17, 15) is 9.90 Å². The maximum Gasteiger partial charge on any atom is 0.309 e. The molecule has 0 saturated carbocycles. The molecule has 1 N–H and O–H groups in total. The Labute approximate surface area is 119 Å². The molecule has 20 heavy (non-hydrogen) atoms. The van der Waals surface area contributed by atoms with Crippen LogP contribution in [-0.2, 0) is 9.53 Å². The van der Waals surface area contributed by atoms with Gasteiger partial charge in [0.2, 0.25) is 0 Å². The Morgan fingerprint density at radius 1 is 1.15 bits per heavy atom. The van der Waals surface area contributed by atoms with Crippen LogP contribution in [0.3, 0.4) is 0 Å². The van der Waals surface area contributed by atoms with Gasteiger partial charge in [-0.3, -0.25) is 4.79 Å². The van der Waals surface area contributed by atoms with Crippen molar-refractivity contribution in [3.05, 3.63) is 48.0 Å². The lowest BCUT2D eigenvalue weighted by Gasteiger charge is -2.20. The van der Waals surface area contributed by atoms with Gasteiger partial charge in [-0.05, 0) is 43.2 Å². The van der Waals surface area contributed by atoms with Crippen LogP contribution in [0.2, 0.25) is 0 Å². The SMILES string of the molecule is CC(C)(C)OC(=O)C[C@@H](O)c1ccc2ccccc2c1. The first kappa shape index (κ1) is 14.5. The highest BCUT2D eigenvalue weighted by atomic mass is 16.6. The lowest BCUT2D eigenvalue weighted by Crippen LogP contribution is -2.24. The number of aliphatic hydroxyl groups excluding tert-OH is 1. The average Bonchev–Trinajstić information content (AvgIpc) is 2.35. The smallest absolute Gasteiger partial charge is 0.309 e. The molecule has 0 aliphatic heterocycles. The number of rotatable bonds is 3. The normalized spacial score (nSPS) is 13.2. The number of esters is 1. The summed E-state index contributed by atoms with van der Waals surface area (Å²) in [6, 6.07) is 13.6. The van der Waals surface area contributed by atoms with Gasteiger partial charge < -0.3 is 9.84 Å². The summed E-state index contributed by atoms with van der Waals surface area (Å²) in [5.41, 5.74) is 0.203. The quantitative estimate of drug-likeness (QED) is 0.868. The summed E-state index contributed by atoms with van der Waals surface area (Å²) < 4.78 is 5.22. The Kier molecular flexibility index (Phi) is 4.09. The number of carbonyl (C=O) groups is 1. The highest BCUT2D eigenvalue weighted by Gasteiger charge is 2.20. The molecule has 2 aromatic carbocycles. The van der Waals surface area contributed by atoms with Crippen molar-refractivity contribution < 1.29 is 14.6 Å². The van der Waals surface area contributed by atoms with Crippen molar-refractivity contribution in [2.75, 3.05) is 0 Å². The van der Waals surface area contributed by atoms with Gasteiger partial charge in [-0.15, -0.1) is 0 Å². The van der Waals surface area contributed by atoms with Crippen LogP contribution in [-0.4, -0.2) is 16.7 Å². The minimum absolute atomic E-state index is 0.0321. The van der Waals surface area contributed by atoms with Gasteiger partial charge in [-0.1, -0.05) is 36.4 Å². The Balaban J connectivity index is 2.11. The molecule has 3 nitrogen and oxygen atoms in total. The predicted octanol–water partition coefficient (Wildman–Crippen LogP) is 3.61. The van der Waals surface area contributed by atoms with Crippen LogP contribution in [0.25, 0.3) is 10.8 Å². The third kappa shape index (κ3) is 3.81. The lowest BCUT2D eigenvalue weighted by atomic mass is 10.0. The number of aliphatic hydroxyl groups is 1. The molecule has 0 heterocycles. The second-order valence-corrected chi connectivity index (χ2v) is 5.91. The molecule has 0 aliphatic carbocycles. The molecule has 1 atom stereocenters. The van der Waals surface area contributed by atoms with Gasteiger partial charge in [0.25, 0.3) is 0 Å². The summed E-state index contributed by atoms with van der Waals surface area (Å²) in [4.78, 5) is 11.7. The van der Waals surface area contributed by atoms with E-state index in [0.29, 0.717) is 0 Å². The van der Waals surface area contributed by atoms with Crippen molar-refractivity contribution in [2.45, 2.75) is 38.9 Å². The average molecular weight is 272 g/mol. The molecule has 0 spiro atoms. The Morgan fingerprint density at radius 3 is 2.45 bits per heavy atom. The number of carbonyl (C=O) groups excluding carboxylic acids is 1. The van der Waals surface area contributed by atoms with E-state index >= 15 is 0 Å². The summed E-state index contributed by atoms with van der Waals surface area (Å²) in [5.74, 6) is -0.391. The molecule has 3 heteroatoms. The summed E-state index contributed by atoms with van der Waals surface area (Å²) >= 11 is 0. The molecular weight excluding hydrogens is 252 g/mol. The van der Waals surface area contributed by atoms with Crippen LogP contribution < -0.4 is 0 Å². The first-order valence-electron chi connectivity index (χ1n) is 6.74. The third-order valence-corrected chi connectivity index (χ3v) is 2.94. The van der Waals surface area contributed by atoms with Gasteiger partial charge >= 0.3 is 5.97 Å². The van der Waals surface area contributed by atoms with Crippen LogP contribution in [0.1, 0.15) is 38.9 Å². The number of hydrogen-bond donors (Lipinski definition) is 1. The molecule has 2 rings (SSSR count). The molecule has 0 radical (unpaired) electrons. The lowest BCUT2D eigenvalue weighted by molar-refractivity contribution is -0.157. The first-order valence-corrected chi connectivity index (χ1v) is 6.74. The molecule has 2 aromatic rings. The molecule has 0 unspecified atom stereocenters. The van der Waals surface area contributed by atoms with Crippen LogP contribution in [0.15, 0.2) is 42.5 Å². The number of fused-ring (bicyclic) bond motifs is 1. The zero-order valence-corrected chi connectivity index (χ0v) is 12.1. The maximum atomic E-state index is 11.7. The molecule has 0 aliphatic rings. The molecular formula is C17H20O3. The van der Waals surface area contributed by atoms with Crippen molar-refractivity contribution in [1.82, 2.24) is 0 Å². The minimum Gasteiger partial charge on any atom is -0.460 e. The van der Waals surface area contributed by atoms with Gasteiger partial charge in [0, 0.05) is 0 Å². The van der Waals surface area contributed by atoms with Crippen LogP contribution in [0.4, 0.5) is 0 Å². The zero-order chi connectivity index (χ0) is 14.8. The summed E-state index contributed by atoms with van der Waals surface area (Å²) in [5, 5.41) is 12.3. The fourth-order valence-electron chi connectivity index (χ4n) is 2.07. The van der Waals surface area contributed by atoms with Gasteiger partial charge in [0.05, 0.1) is 12.5 Å². The second-order valence-electron chi connectivity index (χ2n) is 5.91. The van der Waals surface area contributed by atoms with Crippen LogP contribution >= 0.6 is 0 Å². The molecule has 0 saturated heterocycles. The molecule has 0 bridgehead atoms. The van der Waals surface area contributed by atoms with Gasteiger partial charge in [-0.2, -0.15) is 0 Å². The minimum atomic E-state index is -0.838. The standard InChI is InChI=1S/C17H20O3/c1-17(2,3)20-16(19)11-15(18)14-9-8-12-6-4-5-7-13(12)10-14/h4-10,15,18H,11H2,1-3H3/t15-/m1/s1. The maximum absolute atomic E-state index is 11.7. The van der Waals surface area contributed by atoms with Crippen molar-refractivity contribution >= 4 is 16.7 Å². The summed E-state index contributed by atoms with van der Waals surface area (Å²) in [6.45, 7) is 5.44. The van der Waals surface area contributed by atoms with Gasteiger partial charge in [0.1, 0.15) is 5.60 Å². The highest BCUT2D eigenvalue weighted by molar-refractivity contribution is 5.83. The van der Waals surface area contributed by atoms with E-state index in [-0.39, 0.29) is 6.42 Å². The van der Waals surface area contributed by atoms with Crippen LogP contribution in [0, 0.1) is 0 Å². The van der Waals surface area contributed by atoms with Crippen molar-refractivity contribution in [3.63, 3.8) is 0 Å². The Bertz CT molecular complexity index is 611. The Morgan fingerprint density at radius 2 is 1.80 bits per heavy atom. The van der Waals surface area contributed by atoms with Gasteiger partial charge in [-0.25, -0.2) is 0 Å². The van der Waals surface area contributed by atoms with Crippen molar-refractivity contribution in [1.29, 1.82) is 0 Å². The molecule has 106 valence electrons. The number of ether oxygens (including phenoxy) is 1. The third-order valence-electron chi connectivity index (χ3n) is 2.94. The largest absolute Gasteiger partial charge is 0.460 e. The molecule has 0 aromatic heterocycles. The highest BCUT2D eigenvalue weighted by Crippen LogP contribution is 2.23. The van der Waals surface area contributed by atoms with E-state index in [1.807, 2.05) is 63.2 Å². The molecule has 0 fully saturated rings. The second kappa shape index (κ2) is 5.63. The van der Waals surface area contributed by atoms with E-state index < -0.39 is 17.7 Å². The monoisotopic (exact) mass is 272 g/mol. The fraction of sp³-hybridized carbons (Fsp3) is 0.353.